The lowest BCUT2D eigenvalue weighted by atomic mass is 9.77. The van der Waals surface area contributed by atoms with E-state index in [1.165, 1.54) is 6.26 Å². The van der Waals surface area contributed by atoms with Gasteiger partial charge in [-0.25, -0.2) is 4.98 Å². The Labute approximate surface area is 123 Å². The van der Waals surface area contributed by atoms with Crippen molar-refractivity contribution >= 4 is 5.91 Å². The van der Waals surface area contributed by atoms with E-state index in [1.54, 1.807) is 6.92 Å². The van der Waals surface area contributed by atoms with Crippen molar-refractivity contribution in [3.05, 3.63) is 35.3 Å². The minimum Gasteiger partial charge on any atom is -0.448 e. The number of aromatic amines is 1. The highest BCUT2D eigenvalue weighted by Gasteiger charge is 2.37. The van der Waals surface area contributed by atoms with Gasteiger partial charge in [0, 0.05) is 31.1 Å². The van der Waals surface area contributed by atoms with E-state index < -0.39 is 0 Å². The van der Waals surface area contributed by atoms with Crippen LogP contribution in [0.2, 0.25) is 0 Å². The third-order valence-electron chi connectivity index (χ3n) is 4.25. The van der Waals surface area contributed by atoms with Gasteiger partial charge in [0.15, 0.2) is 11.6 Å². The quantitative estimate of drug-likeness (QED) is 0.919. The van der Waals surface area contributed by atoms with Crippen LogP contribution in [0, 0.1) is 13.8 Å². The zero-order valence-electron chi connectivity index (χ0n) is 12.6. The van der Waals surface area contributed by atoms with E-state index >= 15 is 0 Å². The lowest BCUT2D eigenvalue weighted by Gasteiger charge is -2.40. The third kappa shape index (κ3) is 2.46. The number of piperidine rings is 1. The topological polar surface area (TPSA) is 75.0 Å². The van der Waals surface area contributed by atoms with Crippen LogP contribution in [0.4, 0.5) is 0 Å². The molecule has 1 fully saturated rings. The standard InChI is InChI=1S/C15H20N4O2/c1-10-7-16-18-13(10)15(3)5-4-6-19(9-15)14(20)12-8-21-11(2)17-12/h7-8H,4-6,9H2,1-3H3,(H,16,18). The van der Waals surface area contributed by atoms with Crippen molar-refractivity contribution in [2.45, 2.75) is 39.0 Å². The van der Waals surface area contributed by atoms with E-state index in [4.69, 9.17) is 4.42 Å². The van der Waals surface area contributed by atoms with Crippen LogP contribution in [0.5, 0.6) is 0 Å². The number of nitrogens with zero attached hydrogens (tertiary/aromatic N) is 3. The number of oxazole rings is 1. The van der Waals surface area contributed by atoms with Crippen LogP contribution in [-0.4, -0.2) is 39.1 Å². The van der Waals surface area contributed by atoms with Crippen molar-refractivity contribution in [2.24, 2.45) is 0 Å². The van der Waals surface area contributed by atoms with Gasteiger partial charge in [0.05, 0.1) is 6.20 Å². The summed E-state index contributed by atoms with van der Waals surface area (Å²) in [4.78, 5) is 18.5. The number of carbonyl (C=O) groups is 1. The number of hydrogen-bond donors (Lipinski definition) is 1. The smallest absolute Gasteiger partial charge is 0.275 e. The lowest BCUT2D eigenvalue weighted by Crippen LogP contribution is -2.47. The van der Waals surface area contributed by atoms with Crippen LogP contribution in [0.25, 0.3) is 0 Å². The Morgan fingerprint density at radius 2 is 2.29 bits per heavy atom. The molecule has 6 nitrogen and oxygen atoms in total. The van der Waals surface area contributed by atoms with Gasteiger partial charge < -0.3 is 9.32 Å². The van der Waals surface area contributed by atoms with Crippen LogP contribution in [0.15, 0.2) is 16.9 Å². The molecule has 0 bridgehead atoms. The number of hydrogen-bond acceptors (Lipinski definition) is 4. The van der Waals surface area contributed by atoms with Crippen molar-refractivity contribution in [3.63, 3.8) is 0 Å². The van der Waals surface area contributed by atoms with Crippen molar-refractivity contribution in [3.8, 4) is 0 Å². The average Bonchev–Trinajstić information content (AvgIpc) is 3.07. The molecule has 21 heavy (non-hydrogen) atoms. The van der Waals surface area contributed by atoms with E-state index in [9.17, 15) is 4.79 Å². The molecular weight excluding hydrogens is 268 g/mol. The van der Waals surface area contributed by atoms with E-state index in [1.807, 2.05) is 18.0 Å². The van der Waals surface area contributed by atoms with Gasteiger partial charge in [0.2, 0.25) is 0 Å². The summed E-state index contributed by atoms with van der Waals surface area (Å²) < 4.78 is 5.15. The van der Waals surface area contributed by atoms with Crippen LogP contribution in [0.3, 0.4) is 0 Å². The van der Waals surface area contributed by atoms with Gasteiger partial charge in [-0.1, -0.05) is 6.92 Å². The first-order chi connectivity index (χ1) is 9.99. The zero-order valence-corrected chi connectivity index (χ0v) is 12.6. The number of rotatable bonds is 2. The molecule has 1 aliphatic rings. The summed E-state index contributed by atoms with van der Waals surface area (Å²) in [6, 6.07) is 0. The number of likely N-dealkylation sites (tertiary alicyclic amines) is 1. The Balaban J connectivity index is 1.83. The van der Waals surface area contributed by atoms with E-state index in [0.29, 0.717) is 18.1 Å². The summed E-state index contributed by atoms with van der Waals surface area (Å²) in [5, 5.41) is 7.21. The summed E-state index contributed by atoms with van der Waals surface area (Å²) in [6.07, 6.45) is 5.28. The van der Waals surface area contributed by atoms with Crippen molar-refractivity contribution in [1.82, 2.24) is 20.1 Å². The Bertz CT molecular complexity index is 660. The zero-order chi connectivity index (χ0) is 15.0. The first-order valence-electron chi connectivity index (χ1n) is 7.21. The number of amides is 1. The Morgan fingerprint density at radius 1 is 1.48 bits per heavy atom. The lowest BCUT2D eigenvalue weighted by molar-refractivity contribution is 0.0641. The molecule has 0 aliphatic carbocycles. The van der Waals surface area contributed by atoms with Crippen LogP contribution >= 0.6 is 0 Å². The summed E-state index contributed by atoms with van der Waals surface area (Å²) in [5.74, 6) is 0.456. The fourth-order valence-corrected chi connectivity index (χ4v) is 3.20. The Kier molecular flexibility index (Phi) is 3.31. The maximum Gasteiger partial charge on any atom is 0.275 e. The molecule has 1 saturated heterocycles. The molecule has 2 aromatic heterocycles. The van der Waals surface area contributed by atoms with Crippen molar-refractivity contribution in [2.75, 3.05) is 13.1 Å². The van der Waals surface area contributed by atoms with Gasteiger partial charge in [-0.15, -0.1) is 0 Å². The maximum absolute atomic E-state index is 12.5. The number of aryl methyl sites for hydroxylation is 2. The molecule has 1 amide bonds. The summed E-state index contributed by atoms with van der Waals surface area (Å²) in [6.45, 7) is 7.40. The number of aromatic nitrogens is 3. The van der Waals surface area contributed by atoms with Crippen LogP contribution < -0.4 is 0 Å². The summed E-state index contributed by atoms with van der Waals surface area (Å²) >= 11 is 0. The van der Waals surface area contributed by atoms with Gasteiger partial charge in [-0.05, 0) is 25.3 Å². The second kappa shape index (κ2) is 5.02. The molecule has 0 spiro atoms. The first-order valence-corrected chi connectivity index (χ1v) is 7.21. The van der Waals surface area contributed by atoms with E-state index in [-0.39, 0.29) is 11.3 Å². The monoisotopic (exact) mass is 288 g/mol. The second-order valence-electron chi connectivity index (χ2n) is 6.07. The van der Waals surface area contributed by atoms with Gasteiger partial charge in [-0.2, -0.15) is 5.10 Å². The molecule has 1 aliphatic heterocycles. The first kappa shape index (κ1) is 13.9. The van der Waals surface area contributed by atoms with E-state index in [2.05, 4.69) is 22.1 Å². The average molecular weight is 288 g/mol. The number of nitrogens with one attached hydrogen (secondary N) is 1. The molecule has 0 radical (unpaired) electrons. The fourth-order valence-electron chi connectivity index (χ4n) is 3.20. The van der Waals surface area contributed by atoms with Gasteiger partial charge in [-0.3, -0.25) is 9.89 Å². The SMILES string of the molecule is Cc1nc(C(=O)N2CCCC(C)(c3[nH]ncc3C)C2)co1. The third-order valence-corrected chi connectivity index (χ3v) is 4.25. The highest BCUT2D eigenvalue weighted by Crippen LogP contribution is 2.34. The van der Waals surface area contributed by atoms with E-state index in [0.717, 1.165) is 30.6 Å². The number of H-pyrrole nitrogens is 1. The minimum absolute atomic E-state index is 0.0602. The molecule has 1 atom stereocenters. The predicted molar refractivity (Wildman–Crippen MR) is 77.1 cm³/mol. The van der Waals surface area contributed by atoms with Gasteiger partial charge in [0.25, 0.3) is 5.91 Å². The summed E-state index contributed by atoms with van der Waals surface area (Å²) in [5.41, 5.74) is 2.56. The highest BCUT2D eigenvalue weighted by molar-refractivity contribution is 5.92. The molecule has 0 saturated carbocycles. The predicted octanol–water partition coefficient (Wildman–Crippen LogP) is 2.21. The molecular formula is C15H20N4O2. The number of carbonyl (C=O) groups excluding carboxylic acids is 1. The molecule has 112 valence electrons. The second-order valence-corrected chi connectivity index (χ2v) is 6.07. The van der Waals surface area contributed by atoms with Crippen molar-refractivity contribution < 1.29 is 9.21 Å². The molecule has 1 unspecified atom stereocenters. The van der Waals surface area contributed by atoms with Gasteiger partial charge >= 0.3 is 0 Å². The fraction of sp³-hybridized carbons (Fsp3) is 0.533. The normalized spacial score (nSPS) is 22.5. The molecule has 3 heterocycles. The highest BCUT2D eigenvalue weighted by atomic mass is 16.3. The largest absolute Gasteiger partial charge is 0.448 e. The molecule has 2 aromatic rings. The summed E-state index contributed by atoms with van der Waals surface area (Å²) in [7, 11) is 0. The van der Waals surface area contributed by atoms with Crippen LogP contribution in [-0.2, 0) is 5.41 Å². The van der Waals surface area contributed by atoms with Crippen LogP contribution in [0.1, 0.15) is 47.4 Å². The minimum atomic E-state index is -0.0900. The maximum atomic E-state index is 12.5. The van der Waals surface area contributed by atoms with Gasteiger partial charge in [0.1, 0.15) is 6.26 Å². The molecule has 3 rings (SSSR count). The Morgan fingerprint density at radius 3 is 2.90 bits per heavy atom. The molecule has 1 N–H and O–H groups in total. The molecule has 6 heteroatoms. The van der Waals surface area contributed by atoms with Crippen molar-refractivity contribution in [1.29, 1.82) is 0 Å². The molecule has 0 aromatic carbocycles. The Hall–Kier alpha value is -2.11.